The zero-order chi connectivity index (χ0) is 14.5. The number of nitrogens with zero attached hydrogens (tertiary/aromatic N) is 1. The Balaban J connectivity index is 1.98. The number of hydrogen-bond acceptors (Lipinski definition) is 3. The highest BCUT2D eigenvalue weighted by Crippen LogP contribution is 2.22. The predicted molar refractivity (Wildman–Crippen MR) is 78.1 cm³/mol. The summed E-state index contributed by atoms with van der Waals surface area (Å²) >= 11 is 0. The van der Waals surface area contributed by atoms with Crippen molar-refractivity contribution in [3.63, 3.8) is 0 Å². The van der Waals surface area contributed by atoms with E-state index in [0.29, 0.717) is 6.54 Å². The summed E-state index contributed by atoms with van der Waals surface area (Å²) < 4.78 is 5.20. The fourth-order valence-corrected chi connectivity index (χ4v) is 2.56. The zero-order valence-electron chi connectivity index (χ0n) is 12.1. The first-order chi connectivity index (χ1) is 9.63. The lowest BCUT2D eigenvalue weighted by Crippen LogP contribution is -2.43. The van der Waals surface area contributed by atoms with Crippen LogP contribution in [0.25, 0.3) is 0 Å². The van der Waals surface area contributed by atoms with Crippen LogP contribution >= 0.6 is 0 Å². The van der Waals surface area contributed by atoms with Crippen LogP contribution in [0.15, 0.2) is 18.2 Å². The van der Waals surface area contributed by atoms with Crippen LogP contribution < -0.4 is 10.1 Å². The molecule has 1 aliphatic rings. The number of nitrogens with one attached hydrogen (secondary N) is 1. The lowest BCUT2D eigenvalue weighted by Gasteiger charge is -2.31. The van der Waals surface area contributed by atoms with Crippen molar-refractivity contribution >= 4 is 11.7 Å². The minimum absolute atomic E-state index is 0.104. The Morgan fingerprint density at radius 1 is 1.55 bits per heavy atom. The summed E-state index contributed by atoms with van der Waals surface area (Å²) in [7, 11) is 1.63. The molecule has 1 unspecified atom stereocenters. The number of carbonyl (C=O) groups excluding carboxylic acids is 1. The molecule has 1 aliphatic heterocycles. The van der Waals surface area contributed by atoms with Crippen LogP contribution in [-0.2, 0) is 0 Å². The quantitative estimate of drug-likeness (QED) is 0.891. The summed E-state index contributed by atoms with van der Waals surface area (Å²) in [4.78, 5) is 14.0. The fraction of sp³-hybridized carbons (Fsp3) is 0.533. The van der Waals surface area contributed by atoms with Gasteiger partial charge in [0.05, 0.1) is 7.11 Å². The average Bonchev–Trinajstić information content (AvgIpc) is 2.47. The SMILES string of the molecule is COc1ccc(NC(=O)N2CCCC(CO)C2)cc1C. The second-order valence-corrected chi connectivity index (χ2v) is 5.25. The number of benzene rings is 1. The van der Waals surface area contributed by atoms with Gasteiger partial charge in [0.1, 0.15) is 5.75 Å². The van der Waals surface area contributed by atoms with E-state index in [0.717, 1.165) is 36.4 Å². The number of urea groups is 1. The molecule has 110 valence electrons. The van der Waals surface area contributed by atoms with Gasteiger partial charge in [-0.1, -0.05) is 0 Å². The molecule has 2 rings (SSSR count). The monoisotopic (exact) mass is 278 g/mol. The van der Waals surface area contributed by atoms with E-state index in [4.69, 9.17) is 4.74 Å². The van der Waals surface area contributed by atoms with Crippen molar-refractivity contribution in [2.24, 2.45) is 5.92 Å². The van der Waals surface area contributed by atoms with E-state index < -0.39 is 0 Å². The molecule has 1 atom stereocenters. The first-order valence-electron chi connectivity index (χ1n) is 6.95. The molecule has 5 heteroatoms. The molecule has 0 bridgehead atoms. The molecule has 2 N–H and O–H groups in total. The van der Waals surface area contributed by atoms with E-state index in [1.54, 1.807) is 12.0 Å². The molecule has 1 saturated heterocycles. The van der Waals surface area contributed by atoms with Gasteiger partial charge in [-0.3, -0.25) is 0 Å². The van der Waals surface area contributed by atoms with Crippen molar-refractivity contribution in [3.05, 3.63) is 23.8 Å². The Morgan fingerprint density at radius 2 is 2.35 bits per heavy atom. The van der Waals surface area contributed by atoms with Gasteiger partial charge in [0.15, 0.2) is 0 Å². The molecular formula is C15H22N2O3. The molecule has 0 aliphatic carbocycles. The third-order valence-electron chi connectivity index (χ3n) is 3.71. The van der Waals surface area contributed by atoms with Gasteiger partial charge in [-0.2, -0.15) is 0 Å². The van der Waals surface area contributed by atoms with Crippen LogP contribution in [0.3, 0.4) is 0 Å². The van der Waals surface area contributed by atoms with E-state index >= 15 is 0 Å². The summed E-state index contributed by atoms with van der Waals surface area (Å²) in [5.74, 6) is 1.01. The molecule has 0 saturated carbocycles. The van der Waals surface area contributed by atoms with Crippen molar-refractivity contribution < 1.29 is 14.6 Å². The second-order valence-electron chi connectivity index (χ2n) is 5.25. The Labute approximate surface area is 119 Å². The topological polar surface area (TPSA) is 61.8 Å². The maximum absolute atomic E-state index is 12.2. The van der Waals surface area contributed by atoms with E-state index in [1.807, 2.05) is 25.1 Å². The van der Waals surface area contributed by atoms with Crippen LogP contribution in [0.5, 0.6) is 5.75 Å². The number of hydrogen-bond donors (Lipinski definition) is 2. The van der Waals surface area contributed by atoms with Gasteiger partial charge in [0.2, 0.25) is 0 Å². The Morgan fingerprint density at radius 3 is 3.00 bits per heavy atom. The number of likely N-dealkylation sites (tertiary alicyclic amines) is 1. The first-order valence-corrected chi connectivity index (χ1v) is 6.95. The molecule has 5 nitrogen and oxygen atoms in total. The number of amides is 2. The van der Waals surface area contributed by atoms with E-state index in [-0.39, 0.29) is 18.6 Å². The maximum Gasteiger partial charge on any atom is 0.321 e. The molecule has 0 radical (unpaired) electrons. The fourth-order valence-electron chi connectivity index (χ4n) is 2.56. The van der Waals surface area contributed by atoms with Crippen molar-refractivity contribution in [2.75, 3.05) is 32.1 Å². The summed E-state index contributed by atoms with van der Waals surface area (Å²) in [6.45, 7) is 3.46. The summed E-state index contributed by atoms with van der Waals surface area (Å²) in [6, 6.07) is 5.46. The maximum atomic E-state index is 12.2. The minimum atomic E-state index is -0.104. The predicted octanol–water partition coefficient (Wildman–Crippen LogP) is 2.24. The molecule has 20 heavy (non-hydrogen) atoms. The smallest absolute Gasteiger partial charge is 0.321 e. The lowest BCUT2D eigenvalue weighted by atomic mass is 9.99. The van der Waals surface area contributed by atoms with Crippen LogP contribution in [0, 0.1) is 12.8 Å². The van der Waals surface area contributed by atoms with Crippen molar-refractivity contribution in [1.82, 2.24) is 4.90 Å². The number of aryl methyl sites for hydroxylation is 1. The third kappa shape index (κ3) is 3.42. The number of aliphatic hydroxyl groups excluding tert-OH is 1. The van der Waals surface area contributed by atoms with Crippen molar-refractivity contribution in [2.45, 2.75) is 19.8 Å². The largest absolute Gasteiger partial charge is 0.496 e. The van der Waals surface area contributed by atoms with E-state index in [1.165, 1.54) is 0 Å². The molecule has 1 heterocycles. The van der Waals surface area contributed by atoms with Gasteiger partial charge in [0, 0.05) is 25.4 Å². The Bertz CT molecular complexity index is 476. The number of aliphatic hydroxyl groups is 1. The number of piperidine rings is 1. The van der Waals surface area contributed by atoms with Crippen LogP contribution in [0.4, 0.5) is 10.5 Å². The van der Waals surface area contributed by atoms with Gasteiger partial charge < -0.3 is 20.1 Å². The average molecular weight is 278 g/mol. The number of methoxy groups -OCH3 is 1. The summed E-state index contributed by atoms with van der Waals surface area (Å²) in [5.41, 5.74) is 1.75. The Kier molecular flexibility index (Phi) is 4.84. The lowest BCUT2D eigenvalue weighted by molar-refractivity contribution is 0.136. The summed E-state index contributed by atoms with van der Waals surface area (Å²) in [5, 5.41) is 12.1. The molecule has 2 amide bonds. The number of rotatable bonds is 3. The van der Waals surface area contributed by atoms with Gasteiger partial charge >= 0.3 is 6.03 Å². The van der Waals surface area contributed by atoms with Gasteiger partial charge in [0.25, 0.3) is 0 Å². The highest BCUT2D eigenvalue weighted by molar-refractivity contribution is 5.89. The highest BCUT2D eigenvalue weighted by atomic mass is 16.5. The third-order valence-corrected chi connectivity index (χ3v) is 3.71. The molecular weight excluding hydrogens is 256 g/mol. The van der Waals surface area contributed by atoms with Crippen LogP contribution in [-0.4, -0.2) is 42.8 Å². The van der Waals surface area contributed by atoms with Crippen molar-refractivity contribution in [3.8, 4) is 5.75 Å². The number of ether oxygens (including phenoxy) is 1. The molecule has 0 aromatic heterocycles. The Hall–Kier alpha value is -1.75. The highest BCUT2D eigenvalue weighted by Gasteiger charge is 2.23. The van der Waals surface area contributed by atoms with Gasteiger partial charge in [-0.05, 0) is 49.4 Å². The van der Waals surface area contributed by atoms with Crippen molar-refractivity contribution in [1.29, 1.82) is 0 Å². The normalized spacial score (nSPS) is 18.8. The molecule has 0 spiro atoms. The summed E-state index contributed by atoms with van der Waals surface area (Å²) in [6.07, 6.45) is 1.93. The molecule has 1 aromatic rings. The number of carbonyl (C=O) groups is 1. The second kappa shape index (κ2) is 6.61. The molecule has 1 fully saturated rings. The van der Waals surface area contributed by atoms with E-state index in [2.05, 4.69) is 5.32 Å². The van der Waals surface area contributed by atoms with Crippen LogP contribution in [0.2, 0.25) is 0 Å². The first kappa shape index (κ1) is 14.7. The van der Waals surface area contributed by atoms with Gasteiger partial charge in [-0.25, -0.2) is 4.79 Å². The van der Waals surface area contributed by atoms with E-state index in [9.17, 15) is 9.90 Å². The van der Waals surface area contributed by atoms with Gasteiger partial charge in [-0.15, -0.1) is 0 Å². The number of anilines is 1. The van der Waals surface area contributed by atoms with Crippen LogP contribution in [0.1, 0.15) is 18.4 Å². The standard InChI is InChI=1S/C15H22N2O3/c1-11-8-13(5-6-14(11)20-2)16-15(19)17-7-3-4-12(9-17)10-18/h5-6,8,12,18H,3-4,7,9-10H2,1-2H3,(H,16,19). The zero-order valence-corrected chi connectivity index (χ0v) is 12.1. The minimum Gasteiger partial charge on any atom is -0.496 e. The molecule has 1 aromatic carbocycles.